The number of carbonyl (C=O) groups excluding carboxylic acids is 1. The zero-order chi connectivity index (χ0) is 28.3. The first-order valence-electron chi connectivity index (χ1n) is 13.0. The number of aryl methyl sites for hydroxylation is 1. The van der Waals surface area contributed by atoms with Gasteiger partial charge < -0.3 is 18.6 Å². The Bertz CT molecular complexity index is 1350. The second-order valence-electron chi connectivity index (χ2n) is 10.4. The van der Waals surface area contributed by atoms with Crippen LogP contribution in [0.3, 0.4) is 0 Å². The predicted molar refractivity (Wildman–Crippen MR) is 147 cm³/mol. The largest absolute Gasteiger partial charge is 0.458 e. The number of carbonyl (C=O) groups is 1. The van der Waals surface area contributed by atoms with Gasteiger partial charge >= 0.3 is 11.7 Å². The molecule has 4 heterocycles. The van der Waals surface area contributed by atoms with Crippen molar-refractivity contribution in [3.63, 3.8) is 0 Å². The van der Waals surface area contributed by atoms with E-state index in [1.165, 1.54) is 42.2 Å². The normalized spacial score (nSPS) is 14.8. The van der Waals surface area contributed by atoms with Crippen molar-refractivity contribution in [2.45, 2.75) is 92.0 Å². The van der Waals surface area contributed by atoms with Gasteiger partial charge in [-0.3, -0.25) is 9.36 Å². The molecule has 11 heteroatoms. The van der Waals surface area contributed by atoms with E-state index in [0.717, 1.165) is 17.4 Å². The van der Waals surface area contributed by atoms with E-state index in [2.05, 4.69) is 4.98 Å². The smallest absolute Gasteiger partial charge is 0.333 e. The Hall–Kier alpha value is -2.76. The minimum Gasteiger partial charge on any atom is -0.458 e. The molecule has 0 aliphatic carbocycles. The predicted octanol–water partition coefficient (Wildman–Crippen LogP) is 4.49. The average Bonchev–Trinajstić information content (AvgIpc) is 3.50. The number of hydrogen-bond acceptors (Lipinski definition) is 9. The van der Waals surface area contributed by atoms with Gasteiger partial charge in [-0.25, -0.2) is 19.1 Å². The van der Waals surface area contributed by atoms with Crippen LogP contribution in [0.15, 0.2) is 26.5 Å². The highest BCUT2D eigenvalue weighted by Crippen LogP contribution is 2.35. The van der Waals surface area contributed by atoms with Crippen LogP contribution in [0.2, 0.25) is 0 Å². The fourth-order valence-corrected chi connectivity index (χ4v) is 5.48. The van der Waals surface area contributed by atoms with Crippen LogP contribution >= 0.6 is 11.3 Å². The van der Waals surface area contributed by atoms with Gasteiger partial charge in [0.2, 0.25) is 5.89 Å². The van der Waals surface area contributed by atoms with Crippen LogP contribution in [0.25, 0.3) is 21.0 Å². The molecule has 1 fully saturated rings. The molecule has 0 bridgehead atoms. The highest BCUT2D eigenvalue weighted by molar-refractivity contribution is 7.22. The third-order valence-electron chi connectivity index (χ3n) is 6.13. The maximum Gasteiger partial charge on any atom is 0.333 e. The number of rotatable bonds is 7. The van der Waals surface area contributed by atoms with Gasteiger partial charge in [0.1, 0.15) is 22.2 Å². The number of ether oxygens (including phenoxy) is 3. The second kappa shape index (κ2) is 12.0. The van der Waals surface area contributed by atoms with E-state index in [-0.39, 0.29) is 19.3 Å². The Kier molecular flexibility index (Phi) is 9.38. The topological polar surface area (TPSA) is 115 Å². The summed E-state index contributed by atoms with van der Waals surface area (Å²) >= 11 is 1.26. The third-order valence-corrected chi connectivity index (χ3v) is 7.44. The molecule has 210 valence electrons. The summed E-state index contributed by atoms with van der Waals surface area (Å²) in [6.07, 6.45) is 4.63. The SMILES string of the molecule is CC.Cc1c(-c2ncco2)sc2c1c(=O)n(C(C)(C)C(=O)OC(C)(C)C)c(=O)n2CCOC1CCOCC1. The molecule has 3 aromatic heterocycles. The highest BCUT2D eigenvalue weighted by atomic mass is 32.1. The van der Waals surface area contributed by atoms with E-state index in [4.69, 9.17) is 18.6 Å². The van der Waals surface area contributed by atoms with Crippen molar-refractivity contribution in [2.24, 2.45) is 0 Å². The minimum absolute atomic E-state index is 0.0574. The van der Waals surface area contributed by atoms with Crippen molar-refractivity contribution < 1.29 is 23.4 Å². The lowest BCUT2D eigenvalue weighted by Gasteiger charge is -2.30. The molecule has 4 rings (SSSR count). The van der Waals surface area contributed by atoms with Gasteiger partial charge in [0.05, 0.1) is 35.7 Å². The summed E-state index contributed by atoms with van der Waals surface area (Å²) in [5.41, 5.74) is -2.85. The van der Waals surface area contributed by atoms with Crippen molar-refractivity contribution in [3.8, 4) is 10.8 Å². The van der Waals surface area contributed by atoms with Gasteiger partial charge in [-0.2, -0.15) is 0 Å². The lowest BCUT2D eigenvalue weighted by Crippen LogP contribution is -2.54. The summed E-state index contributed by atoms with van der Waals surface area (Å²) in [7, 11) is 0. The Morgan fingerprint density at radius 2 is 1.82 bits per heavy atom. The molecule has 1 aliphatic heterocycles. The van der Waals surface area contributed by atoms with Crippen molar-refractivity contribution in [2.75, 3.05) is 19.8 Å². The van der Waals surface area contributed by atoms with Gasteiger partial charge in [-0.15, -0.1) is 11.3 Å². The van der Waals surface area contributed by atoms with Crippen LogP contribution < -0.4 is 11.2 Å². The average molecular weight is 550 g/mol. The molecule has 0 saturated carbocycles. The fraction of sp³-hybridized carbons (Fsp3) is 0.630. The summed E-state index contributed by atoms with van der Waals surface area (Å²) in [4.78, 5) is 46.1. The third kappa shape index (κ3) is 6.10. The Balaban J connectivity index is 0.00000195. The quantitative estimate of drug-likeness (QED) is 0.396. The van der Waals surface area contributed by atoms with Crippen LogP contribution in [0.1, 0.15) is 66.9 Å². The lowest BCUT2D eigenvalue weighted by atomic mass is 10.0. The number of thiophene rings is 1. The molecule has 0 aromatic carbocycles. The molecule has 0 spiro atoms. The van der Waals surface area contributed by atoms with Gasteiger partial charge in [-0.1, -0.05) is 13.8 Å². The van der Waals surface area contributed by atoms with Gasteiger partial charge in [0.15, 0.2) is 0 Å². The Morgan fingerprint density at radius 3 is 2.39 bits per heavy atom. The fourth-order valence-electron chi connectivity index (χ4n) is 4.22. The van der Waals surface area contributed by atoms with E-state index in [9.17, 15) is 14.4 Å². The Morgan fingerprint density at radius 1 is 1.16 bits per heavy atom. The van der Waals surface area contributed by atoms with E-state index in [0.29, 0.717) is 39.8 Å². The van der Waals surface area contributed by atoms with Crippen molar-refractivity contribution >= 4 is 27.5 Å². The zero-order valence-electron chi connectivity index (χ0n) is 23.6. The molecule has 38 heavy (non-hydrogen) atoms. The molecule has 0 radical (unpaired) electrons. The van der Waals surface area contributed by atoms with Crippen molar-refractivity contribution in [1.82, 2.24) is 14.1 Å². The summed E-state index contributed by atoms with van der Waals surface area (Å²) in [5.74, 6) is -0.303. The number of esters is 1. The van der Waals surface area contributed by atoms with Crippen molar-refractivity contribution in [3.05, 3.63) is 38.9 Å². The highest BCUT2D eigenvalue weighted by Gasteiger charge is 2.38. The molecule has 3 aromatic rings. The second-order valence-corrected chi connectivity index (χ2v) is 11.4. The Labute approximate surface area is 226 Å². The maximum absolute atomic E-state index is 13.8. The van der Waals surface area contributed by atoms with E-state index >= 15 is 0 Å². The minimum atomic E-state index is -1.55. The molecule has 0 N–H and O–H groups in total. The number of oxazole rings is 1. The van der Waals surface area contributed by atoms with E-state index in [1.807, 2.05) is 13.8 Å². The molecular formula is C27H39N3O7S. The first-order valence-corrected chi connectivity index (χ1v) is 13.9. The first kappa shape index (κ1) is 29.8. The van der Waals surface area contributed by atoms with Crippen LogP contribution in [-0.2, 0) is 31.1 Å². The number of hydrogen-bond donors (Lipinski definition) is 0. The molecule has 1 saturated heterocycles. The monoisotopic (exact) mass is 549 g/mol. The lowest BCUT2D eigenvalue weighted by molar-refractivity contribution is -0.164. The van der Waals surface area contributed by atoms with Gasteiger partial charge in [-0.05, 0) is 59.9 Å². The van der Waals surface area contributed by atoms with Crippen LogP contribution in [0, 0.1) is 6.92 Å². The number of nitrogens with zero attached hydrogens (tertiary/aromatic N) is 3. The van der Waals surface area contributed by atoms with Crippen LogP contribution in [0.5, 0.6) is 0 Å². The molecule has 0 atom stereocenters. The summed E-state index contributed by atoms with van der Waals surface area (Å²) in [6, 6.07) is 0. The molecule has 0 unspecified atom stereocenters. The molecule has 0 amide bonds. The molecule has 1 aliphatic rings. The standard InChI is InChI=1S/C25H33N3O7S.C2H6/c1-15-17-20(29)28(25(5,6)22(30)35-24(2,3)4)23(31)27(10-14-33-16-7-11-32-12-8-16)21(17)36-18(15)19-26-9-13-34-19;1-2/h9,13,16H,7-8,10-12,14H2,1-6H3;1-2H3. The number of aromatic nitrogens is 3. The molecular weight excluding hydrogens is 510 g/mol. The summed E-state index contributed by atoms with van der Waals surface area (Å²) in [5, 5.41) is 0.343. The van der Waals surface area contributed by atoms with Crippen LogP contribution in [0.4, 0.5) is 0 Å². The number of fused-ring (bicyclic) bond motifs is 1. The zero-order valence-corrected chi connectivity index (χ0v) is 24.4. The van der Waals surface area contributed by atoms with Gasteiger partial charge in [0.25, 0.3) is 5.56 Å². The van der Waals surface area contributed by atoms with Crippen LogP contribution in [-0.4, -0.2) is 51.6 Å². The van der Waals surface area contributed by atoms with Crippen molar-refractivity contribution in [1.29, 1.82) is 0 Å². The summed E-state index contributed by atoms with van der Waals surface area (Å²) < 4.78 is 25.0. The van der Waals surface area contributed by atoms with Gasteiger partial charge in [0, 0.05) is 13.2 Å². The van der Waals surface area contributed by atoms with E-state index in [1.54, 1.807) is 27.7 Å². The summed E-state index contributed by atoms with van der Waals surface area (Å²) in [6.45, 7) is 15.8. The van der Waals surface area contributed by atoms with E-state index < -0.39 is 28.4 Å². The first-order chi connectivity index (χ1) is 17.9. The molecule has 10 nitrogen and oxygen atoms in total. The maximum atomic E-state index is 13.8.